The molecule has 50 heavy (non-hydrogen) atoms. The summed E-state index contributed by atoms with van der Waals surface area (Å²) in [5.74, 6) is -0.999. The van der Waals surface area contributed by atoms with E-state index in [4.69, 9.17) is 8.75 Å². The van der Waals surface area contributed by atoms with E-state index in [0.717, 1.165) is 67.1 Å². The zero-order valence-electron chi connectivity index (χ0n) is 26.3. The third-order valence-corrected chi connectivity index (χ3v) is 9.61. The van der Waals surface area contributed by atoms with E-state index in [1.165, 1.54) is 48.1 Å². The van der Waals surface area contributed by atoms with E-state index in [1.807, 2.05) is 59.2 Å². The van der Waals surface area contributed by atoms with Crippen molar-refractivity contribution in [1.29, 1.82) is 0 Å². The molecule has 9 rings (SSSR count). The Kier molecular flexibility index (Phi) is 7.17. The summed E-state index contributed by atoms with van der Waals surface area (Å²) in [6.45, 7) is 0. The number of para-hydroxylation sites is 1. The van der Waals surface area contributed by atoms with E-state index in [2.05, 4.69) is 41.3 Å². The van der Waals surface area contributed by atoms with Gasteiger partial charge in [-0.2, -0.15) is 8.75 Å². The van der Waals surface area contributed by atoms with Gasteiger partial charge in [-0.25, -0.2) is 13.2 Å². The summed E-state index contributed by atoms with van der Waals surface area (Å²) in [4.78, 5) is 2.17. The molecule has 7 aromatic carbocycles. The molecule has 0 saturated heterocycles. The van der Waals surface area contributed by atoms with Crippen LogP contribution in [0.4, 0.5) is 30.2 Å². The van der Waals surface area contributed by atoms with Gasteiger partial charge >= 0.3 is 0 Å². The Morgan fingerprint density at radius 3 is 1.66 bits per heavy atom. The second-order valence-electron chi connectivity index (χ2n) is 12.0. The van der Waals surface area contributed by atoms with Crippen LogP contribution in [0.2, 0.25) is 0 Å². The van der Waals surface area contributed by atoms with Crippen LogP contribution in [0.1, 0.15) is 0 Å². The van der Waals surface area contributed by atoms with Crippen molar-refractivity contribution >= 4 is 61.6 Å². The average Bonchev–Trinajstić information content (AvgIpc) is 3.76. The first-order chi connectivity index (χ1) is 24.5. The van der Waals surface area contributed by atoms with Crippen LogP contribution in [0, 0.1) is 17.5 Å². The number of hydrogen-bond donors (Lipinski definition) is 0. The quantitative estimate of drug-likeness (QED) is 0.176. The van der Waals surface area contributed by atoms with E-state index in [9.17, 15) is 13.2 Å². The molecule has 240 valence electrons. The number of benzene rings is 7. The molecule has 0 aliphatic carbocycles. The number of rotatable bonds is 6. The average molecular weight is 675 g/mol. The third kappa shape index (κ3) is 5.09. The predicted molar refractivity (Wildman–Crippen MR) is 197 cm³/mol. The summed E-state index contributed by atoms with van der Waals surface area (Å²) in [7, 11) is 0. The van der Waals surface area contributed by atoms with Crippen LogP contribution >= 0.6 is 11.7 Å². The SMILES string of the molecule is Fc1ccc(-c2ccc(N(c3ccccc3)c3ccc(-c4ccc(-n5c6ccc(F)cc6c6cc(F)ccc65)cc4)c4nsnc34)cc2)cc1. The smallest absolute Gasteiger partial charge is 0.129 e. The lowest BCUT2D eigenvalue weighted by Crippen LogP contribution is -2.10. The van der Waals surface area contributed by atoms with E-state index in [-0.39, 0.29) is 17.5 Å². The zero-order valence-corrected chi connectivity index (χ0v) is 27.1. The maximum Gasteiger partial charge on any atom is 0.129 e. The standard InChI is InChI=1S/C42H25F3N4S/c43-29-12-6-26(7-13-29)27-8-16-33(17-9-27)48(32-4-2-1-3-5-32)40-23-20-35(41-42(40)47-50-46-41)28-10-18-34(19-11-28)49-38-21-14-30(44)24-36(38)37-25-31(45)15-22-39(37)49/h1-25H. The first-order valence-corrected chi connectivity index (χ1v) is 16.7. The van der Waals surface area contributed by atoms with Crippen molar-refractivity contribution in [3.8, 4) is 27.9 Å². The van der Waals surface area contributed by atoms with Gasteiger partial charge in [0.05, 0.1) is 28.4 Å². The molecular formula is C42H25F3N4S. The van der Waals surface area contributed by atoms with Crippen molar-refractivity contribution in [2.45, 2.75) is 0 Å². The molecule has 0 unspecified atom stereocenters. The first kappa shape index (κ1) is 29.9. The maximum absolute atomic E-state index is 14.3. The van der Waals surface area contributed by atoms with Crippen LogP contribution in [-0.4, -0.2) is 13.3 Å². The highest BCUT2D eigenvalue weighted by atomic mass is 32.1. The molecule has 0 aliphatic rings. The van der Waals surface area contributed by atoms with Crippen LogP contribution in [0.15, 0.2) is 152 Å². The van der Waals surface area contributed by atoms with Gasteiger partial charge in [0.1, 0.15) is 28.5 Å². The van der Waals surface area contributed by atoms with Gasteiger partial charge in [0.15, 0.2) is 0 Å². The number of aromatic nitrogens is 3. The van der Waals surface area contributed by atoms with Crippen molar-refractivity contribution < 1.29 is 13.2 Å². The Labute approximate surface area is 289 Å². The third-order valence-electron chi connectivity index (χ3n) is 9.08. The van der Waals surface area contributed by atoms with E-state index < -0.39 is 0 Å². The predicted octanol–water partition coefficient (Wildman–Crippen LogP) is 12.0. The van der Waals surface area contributed by atoms with Crippen molar-refractivity contribution in [3.63, 3.8) is 0 Å². The molecule has 0 radical (unpaired) electrons. The highest BCUT2D eigenvalue weighted by Gasteiger charge is 2.20. The first-order valence-electron chi connectivity index (χ1n) is 16.0. The topological polar surface area (TPSA) is 34.0 Å². The van der Waals surface area contributed by atoms with Crippen molar-refractivity contribution in [3.05, 3.63) is 169 Å². The number of hydrogen-bond acceptors (Lipinski definition) is 4. The second-order valence-corrected chi connectivity index (χ2v) is 12.6. The van der Waals surface area contributed by atoms with Crippen molar-refractivity contribution in [2.75, 3.05) is 4.90 Å². The van der Waals surface area contributed by atoms with Crippen molar-refractivity contribution in [1.82, 2.24) is 13.3 Å². The number of halogens is 3. The summed E-state index contributed by atoms with van der Waals surface area (Å²) >= 11 is 1.17. The molecule has 0 amide bonds. The minimum atomic E-state index is -0.367. The highest BCUT2D eigenvalue weighted by molar-refractivity contribution is 7.00. The van der Waals surface area contributed by atoms with Crippen molar-refractivity contribution in [2.24, 2.45) is 0 Å². The summed E-state index contributed by atoms with van der Waals surface area (Å²) < 4.78 is 53.6. The van der Waals surface area contributed by atoms with Gasteiger partial charge in [-0.05, 0) is 114 Å². The molecule has 0 aliphatic heterocycles. The molecule has 8 heteroatoms. The van der Waals surface area contributed by atoms with Gasteiger partial charge in [-0.15, -0.1) is 0 Å². The summed E-state index contributed by atoms with van der Waals surface area (Å²) in [5.41, 5.74) is 10.6. The summed E-state index contributed by atoms with van der Waals surface area (Å²) in [6, 6.07) is 46.3. The molecule has 0 saturated carbocycles. The summed E-state index contributed by atoms with van der Waals surface area (Å²) in [5, 5.41) is 1.31. The fourth-order valence-corrected chi connectivity index (χ4v) is 7.32. The monoisotopic (exact) mass is 674 g/mol. The van der Waals surface area contributed by atoms with Gasteiger partial charge in [0.25, 0.3) is 0 Å². The van der Waals surface area contributed by atoms with Crippen LogP contribution < -0.4 is 4.90 Å². The fraction of sp³-hybridized carbons (Fsp3) is 0. The zero-order chi connectivity index (χ0) is 33.8. The Bertz CT molecular complexity index is 2610. The van der Waals surface area contributed by atoms with Crippen LogP contribution in [0.5, 0.6) is 0 Å². The maximum atomic E-state index is 14.3. The highest BCUT2D eigenvalue weighted by Crippen LogP contribution is 2.42. The Morgan fingerprint density at radius 1 is 0.480 bits per heavy atom. The molecule has 2 aromatic heterocycles. The molecular weight excluding hydrogens is 650 g/mol. The van der Waals surface area contributed by atoms with E-state index in [0.29, 0.717) is 10.8 Å². The lowest BCUT2D eigenvalue weighted by molar-refractivity contribution is 0.628. The van der Waals surface area contributed by atoms with Crippen LogP contribution in [-0.2, 0) is 0 Å². The molecule has 0 fully saturated rings. The van der Waals surface area contributed by atoms with E-state index >= 15 is 0 Å². The number of anilines is 3. The fourth-order valence-electron chi connectivity index (χ4n) is 6.75. The minimum absolute atomic E-state index is 0.264. The van der Waals surface area contributed by atoms with Gasteiger partial charge in [-0.3, -0.25) is 0 Å². The molecule has 0 spiro atoms. The largest absolute Gasteiger partial charge is 0.309 e. The molecule has 0 atom stereocenters. The Morgan fingerprint density at radius 2 is 1.02 bits per heavy atom. The Balaban J connectivity index is 1.12. The number of fused-ring (bicyclic) bond motifs is 4. The molecule has 0 N–H and O–H groups in total. The van der Waals surface area contributed by atoms with Crippen LogP contribution in [0.3, 0.4) is 0 Å². The second kappa shape index (κ2) is 12.0. The minimum Gasteiger partial charge on any atom is -0.309 e. The van der Waals surface area contributed by atoms with Crippen LogP contribution in [0.25, 0.3) is 60.8 Å². The van der Waals surface area contributed by atoms with Gasteiger partial charge in [-0.1, -0.05) is 54.6 Å². The molecule has 0 bridgehead atoms. The molecule has 4 nitrogen and oxygen atoms in total. The van der Waals surface area contributed by atoms with Gasteiger partial charge < -0.3 is 9.47 Å². The number of nitrogens with zero attached hydrogens (tertiary/aromatic N) is 4. The normalized spacial score (nSPS) is 11.5. The summed E-state index contributed by atoms with van der Waals surface area (Å²) in [6.07, 6.45) is 0. The Hall–Kier alpha value is -6.25. The molecule has 2 heterocycles. The molecule has 9 aromatic rings. The lowest BCUT2D eigenvalue weighted by Gasteiger charge is -2.26. The lowest BCUT2D eigenvalue weighted by atomic mass is 10.0. The van der Waals surface area contributed by atoms with E-state index in [1.54, 1.807) is 24.3 Å². The van der Waals surface area contributed by atoms with Gasteiger partial charge in [0.2, 0.25) is 0 Å². The van der Waals surface area contributed by atoms with Gasteiger partial charge in [0, 0.05) is 33.4 Å².